The van der Waals surface area contributed by atoms with Crippen LogP contribution in [0.15, 0.2) is 65.8 Å². The first kappa shape index (κ1) is 18.1. The van der Waals surface area contributed by atoms with Crippen LogP contribution < -0.4 is 5.43 Å². The highest BCUT2D eigenvalue weighted by molar-refractivity contribution is 6.11. The minimum Gasteiger partial charge on any atom is -0.273 e. The normalized spacial score (nSPS) is 20.0. The maximum absolute atomic E-state index is 12.4. The Hall–Kier alpha value is -3.28. The molecule has 0 radical (unpaired) electrons. The lowest BCUT2D eigenvalue weighted by atomic mass is 9.80. The van der Waals surface area contributed by atoms with Crippen molar-refractivity contribution < 1.29 is 9.72 Å². The summed E-state index contributed by atoms with van der Waals surface area (Å²) < 4.78 is 0. The van der Waals surface area contributed by atoms with Crippen molar-refractivity contribution in [1.29, 1.82) is 0 Å². The Morgan fingerprint density at radius 1 is 1.14 bits per heavy atom. The zero-order chi connectivity index (χ0) is 19.6. The first-order valence-corrected chi connectivity index (χ1v) is 9.44. The van der Waals surface area contributed by atoms with E-state index in [4.69, 9.17) is 0 Å². The fourth-order valence-electron chi connectivity index (χ4n) is 3.87. The Bertz CT molecular complexity index is 962. The molecule has 0 aromatic heterocycles. The van der Waals surface area contributed by atoms with Gasteiger partial charge in [0.2, 0.25) is 5.91 Å². The Morgan fingerprint density at radius 2 is 1.86 bits per heavy atom. The van der Waals surface area contributed by atoms with Gasteiger partial charge in [0.15, 0.2) is 0 Å². The van der Waals surface area contributed by atoms with Crippen molar-refractivity contribution in [3.8, 4) is 0 Å². The number of nitro groups is 1. The van der Waals surface area contributed by atoms with Gasteiger partial charge in [-0.25, -0.2) is 5.43 Å². The van der Waals surface area contributed by atoms with Crippen molar-refractivity contribution in [3.05, 3.63) is 81.9 Å². The molecule has 6 nitrogen and oxygen atoms in total. The van der Waals surface area contributed by atoms with Gasteiger partial charge >= 0.3 is 0 Å². The molecule has 142 valence electrons. The third-order valence-corrected chi connectivity index (χ3v) is 5.77. The molecule has 0 aliphatic heterocycles. The van der Waals surface area contributed by atoms with Gasteiger partial charge in [-0.2, -0.15) is 5.10 Å². The number of nitrogens with zero attached hydrogens (tertiary/aromatic N) is 2. The second kappa shape index (κ2) is 7.38. The number of hydrazone groups is 1. The first-order valence-electron chi connectivity index (χ1n) is 9.44. The van der Waals surface area contributed by atoms with E-state index in [-0.39, 0.29) is 22.9 Å². The van der Waals surface area contributed by atoms with E-state index in [0.717, 1.165) is 24.8 Å². The van der Waals surface area contributed by atoms with Gasteiger partial charge in [0.1, 0.15) is 0 Å². The number of carbonyl (C=O) groups excluding carboxylic acids is 1. The van der Waals surface area contributed by atoms with Gasteiger partial charge < -0.3 is 0 Å². The van der Waals surface area contributed by atoms with Crippen LogP contribution >= 0.6 is 0 Å². The molecule has 0 heterocycles. The van der Waals surface area contributed by atoms with Crippen molar-refractivity contribution in [2.75, 3.05) is 0 Å². The number of nitrogens with one attached hydrogen (secondary N) is 1. The van der Waals surface area contributed by atoms with Crippen molar-refractivity contribution in [2.24, 2.45) is 16.4 Å². The van der Waals surface area contributed by atoms with Crippen LogP contribution in [-0.2, 0) is 4.79 Å². The molecular weight excluding hydrogens is 354 g/mol. The van der Waals surface area contributed by atoms with Crippen LogP contribution in [-0.4, -0.2) is 16.5 Å². The minimum absolute atomic E-state index is 0.0279. The topological polar surface area (TPSA) is 84.6 Å². The molecule has 6 heteroatoms. The second-order valence-electron chi connectivity index (χ2n) is 7.46. The first-order chi connectivity index (χ1) is 13.6. The van der Waals surface area contributed by atoms with Crippen LogP contribution in [0.3, 0.4) is 0 Å². The summed E-state index contributed by atoms with van der Waals surface area (Å²) in [6.45, 7) is 0. The molecule has 0 saturated heterocycles. The lowest BCUT2D eigenvalue weighted by molar-refractivity contribution is -0.385. The highest BCUT2D eigenvalue weighted by Crippen LogP contribution is 2.65. The molecule has 4 rings (SSSR count). The van der Waals surface area contributed by atoms with Gasteiger partial charge in [0.25, 0.3) is 5.69 Å². The lowest BCUT2D eigenvalue weighted by Crippen LogP contribution is -2.27. The van der Waals surface area contributed by atoms with Crippen LogP contribution in [0.25, 0.3) is 6.08 Å². The summed E-state index contributed by atoms with van der Waals surface area (Å²) in [5.74, 6) is 0.0356. The number of allylic oxidation sites excluding steroid dienone is 1. The van der Waals surface area contributed by atoms with Crippen LogP contribution in [0, 0.1) is 21.4 Å². The summed E-state index contributed by atoms with van der Waals surface area (Å²) in [4.78, 5) is 23.2. The molecule has 2 saturated carbocycles. The zero-order valence-electron chi connectivity index (χ0n) is 15.4. The number of nitro benzene ring substituents is 1. The standard InChI is InChI=1S/C22H21N3O3/c26-21(18-15-22(18)13-6-14-22)24-23-19(16-7-2-1-3-8-16)12-11-17-9-4-5-10-20(17)25(27)28/h1-5,7-12,18H,6,13-15H2,(H,24,26)/b12-11+,23-19+/t18-/m0/s1. The summed E-state index contributed by atoms with van der Waals surface area (Å²) in [6.07, 6.45) is 7.79. The highest BCUT2D eigenvalue weighted by Gasteiger charge is 2.60. The highest BCUT2D eigenvalue weighted by atomic mass is 16.6. The number of carbonyl (C=O) groups is 1. The Kier molecular flexibility index (Phi) is 4.77. The summed E-state index contributed by atoms with van der Waals surface area (Å²) in [6, 6.07) is 16.0. The molecule has 1 atom stereocenters. The number of hydrogen-bond acceptors (Lipinski definition) is 4. The van der Waals surface area contributed by atoms with Crippen LogP contribution in [0.2, 0.25) is 0 Å². The van der Waals surface area contributed by atoms with Gasteiger partial charge in [0, 0.05) is 17.5 Å². The predicted molar refractivity (Wildman–Crippen MR) is 108 cm³/mol. The average molecular weight is 375 g/mol. The van der Waals surface area contributed by atoms with Crippen LogP contribution in [0.4, 0.5) is 5.69 Å². The largest absolute Gasteiger partial charge is 0.276 e. The third kappa shape index (κ3) is 3.58. The van der Waals surface area contributed by atoms with Crippen LogP contribution in [0.5, 0.6) is 0 Å². The van der Waals surface area contributed by atoms with Crippen LogP contribution in [0.1, 0.15) is 36.8 Å². The van der Waals surface area contributed by atoms with Gasteiger partial charge in [-0.1, -0.05) is 48.9 Å². The Balaban J connectivity index is 1.56. The Labute approximate surface area is 163 Å². The molecule has 0 unspecified atom stereocenters. The summed E-state index contributed by atoms with van der Waals surface area (Å²) >= 11 is 0. The van der Waals surface area contributed by atoms with Crippen molar-refractivity contribution in [2.45, 2.75) is 25.7 Å². The zero-order valence-corrected chi connectivity index (χ0v) is 15.4. The molecule has 2 aliphatic carbocycles. The lowest BCUT2D eigenvalue weighted by Gasteiger charge is -2.25. The van der Waals surface area contributed by atoms with E-state index < -0.39 is 4.92 Å². The van der Waals surface area contributed by atoms with Gasteiger partial charge in [-0.05, 0) is 42.9 Å². The number of benzene rings is 2. The molecule has 2 aromatic carbocycles. The molecule has 2 aliphatic rings. The molecule has 2 fully saturated rings. The van der Waals surface area contributed by atoms with Crippen molar-refractivity contribution in [3.63, 3.8) is 0 Å². The average Bonchev–Trinajstić information content (AvgIpc) is 3.45. The second-order valence-corrected chi connectivity index (χ2v) is 7.46. The van der Waals surface area contributed by atoms with Crippen molar-refractivity contribution in [1.82, 2.24) is 5.43 Å². The van der Waals surface area contributed by atoms with Gasteiger partial charge in [-0.3, -0.25) is 14.9 Å². The molecule has 1 amide bonds. The summed E-state index contributed by atoms with van der Waals surface area (Å²) in [5.41, 5.74) is 4.84. The predicted octanol–water partition coefficient (Wildman–Crippen LogP) is 4.32. The van der Waals surface area contributed by atoms with Crippen molar-refractivity contribution >= 4 is 23.4 Å². The van der Waals surface area contributed by atoms with E-state index in [2.05, 4.69) is 10.5 Å². The van der Waals surface area contributed by atoms with E-state index in [0.29, 0.717) is 11.3 Å². The summed E-state index contributed by atoms with van der Waals surface area (Å²) in [5, 5.41) is 15.5. The monoisotopic (exact) mass is 375 g/mol. The maximum Gasteiger partial charge on any atom is 0.276 e. The maximum atomic E-state index is 12.4. The smallest absolute Gasteiger partial charge is 0.273 e. The molecule has 2 aromatic rings. The molecule has 28 heavy (non-hydrogen) atoms. The molecule has 0 bridgehead atoms. The fraction of sp³-hybridized carbons (Fsp3) is 0.273. The number of hydrogen-bond donors (Lipinski definition) is 1. The molecular formula is C22H21N3O3. The quantitative estimate of drug-likeness (QED) is 0.464. The summed E-state index contributed by atoms with van der Waals surface area (Å²) in [7, 11) is 0. The number of rotatable bonds is 6. The number of para-hydroxylation sites is 1. The van der Waals surface area contributed by atoms with Gasteiger partial charge in [0.05, 0.1) is 16.2 Å². The Morgan fingerprint density at radius 3 is 2.50 bits per heavy atom. The SMILES string of the molecule is O=C(N/N=C(\C=C\c1ccccc1[N+](=O)[O-])c1ccccc1)[C@@H]1CC12CCC2. The molecule has 1 N–H and O–H groups in total. The van der Waals surface area contributed by atoms with E-state index in [1.165, 1.54) is 12.5 Å². The van der Waals surface area contributed by atoms with E-state index >= 15 is 0 Å². The third-order valence-electron chi connectivity index (χ3n) is 5.77. The number of amides is 1. The van der Waals surface area contributed by atoms with E-state index in [1.807, 2.05) is 30.3 Å². The van der Waals surface area contributed by atoms with Gasteiger partial charge in [-0.15, -0.1) is 0 Å². The van der Waals surface area contributed by atoms with E-state index in [1.54, 1.807) is 30.4 Å². The molecule has 1 spiro atoms. The fourth-order valence-corrected chi connectivity index (χ4v) is 3.87. The van der Waals surface area contributed by atoms with E-state index in [9.17, 15) is 14.9 Å². The minimum atomic E-state index is -0.411.